The molecule has 0 aliphatic rings. The molecular formula is C27H19ClN6O3. The summed E-state index contributed by atoms with van der Waals surface area (Å²) < 4.78 is 8.26. The number of fused-ring (bicyclic) bond motifs is 4. The second kappa shape index (κ2) is 9.03. The molecule has 37 heavy (non-hydrogen) atoms. The van der Waals surface area contributed by atoms with Gasteiger partial charge in [0.25, 0.3) is 11.5 Å². The van der Waals surface area contributed by atoms with Crippen LogP contribution in [0.2, 0.25) is 5.02 Å². The van der Waals surface area contributed by atoms with Crippen molar-refractivity contribution in [2.75, 3.05) is 12.0 Å². The number of aryl methyl sites for hydroxylation is 1. The number of aromatic nitrogens is 5. The van der Waals surface area contributed by atoms with E-state index >= 15 is 0 Å². The number of rotatable bonds is 5. The Balaban J connectivity index is 1.26. The molecule has 1 amide bonds. The normalized spacial score (nSPS) is 11.3. The van der Waals surface area contributed by atoms with Gasteiger partial charge in [0.2, 0.25) is 0 Å². The molecule has 6 rings (SSSR count). The predicted octanol–water partition coefficient (Wildman–Crippen LogP) is 4.37. The number of carbonyl (C=O) groups excluding carboxylic acids is 1. The monoisotopic (exact) mass is 510 g/mol. The highest BCUT2D eigenvalue weighted by Crippen LogP contribution is 2.29. The predicted molar refractivity (Wildman–Crippen MR) is 142 cm³/mol. The summed E-state index contributed by atoms with van der Waals surface area (Å²) in [4.78, 5) is 25.6. The lowest BCUT2D eigenvalue weighted by Gasteiger charge is -2.10. The zero-order chi connectivity index (χ0) is 25.5. The summed E-state index contributed by atoms with van der Waals surface area (Å²) in [5.74, 6) is 0.0575. The van der Waals surface area contributed by atoms with Gasteiger partial charge in [-0.15, -0.1) is 10.2 Å². The van der Waals surface area contributed by atoms with E-state index in [2.05, 4.69) is 20.7 Å². The smallest absolute Gasteiger partial charge is 0.299 e. The summed E-state index contributed by atoms with van der Waals surface area (Å²) in [5, 5.41) is 15.7. The van der Waals surface area contributed by atoms with Gasteiger partial charge >= 0.3 is 0 Å². The van der Waals surface area contributed by atoms with E-state index < -0.39 is 11.5 Å². The van der Waals surface area contributed by atoms with E-state index in [0.29, 0.717) is 21.9 Å². The number of amides is 1. The Morgan fingerprint density at radius 1 is 1.00 bits per heavy atom. The van der Waals surface area contributed by atoms with Crippen molar-refractivity contribution in [1.29, 1.82) is 0 Å². The number of nitrogens with one attached hydrogen (secondary N) is 1. The minimum Gasteiger partial charge on any atom is -0.484 e. The first-order chi connectivity index (χ1) is 18.0. The largest absolute Gasteiger partial charge is 0.484 e. The highest BCUT2D eigenvalue weighted by molar-refractivity contribution is 6.30. The van der Waals surface area contributed by atoms with Crippen LogP contribution < -0.4 is 15.7 Å². The topological polar surface area (TPSA) is 103 Å². The van der Waals surface area contributed by atoms with Crippen LogP contribution in [0.3, 0.4) is 0 Å². The molecule has 1 N–H and O–H groups in total. The van der Waals surface area contributed by atoms with Crippen molar-refractivity contribution >= 4 is 45.0 Å². The number of benzene rings is 3. The number of hydrogen-bond donors (Lipinski definition) is 1. The second-order valence-corrected chi connectivity index (χ2v) is 8.90. The molecule has 0 spiro atoms. The van der Waals surface area contributed by atoms with Crippen molar-refractivity contribution in [3.8, 4) is 16.9 Å². The Labute approximate surface area is 214 Å². The van der Waals surface area contributed by atoms with Gasteiger partial charge in [0, 0.05) is 11.2 Å². The Morgan fingerprint density at radius 3 is 2.59 bits per heavy atom. The van der Waals surface area contributed by atoms with E-state index in [1.165, 1.54) is 6.20 Å². The zero-order valence-electron chi connectivity index (χ0n) is 19.6. The number of ether oxygens (including phenoxy) is 1. The van der Waals surface area contributed by atoms with Crippen LogP contribution in [0.1, 0.15) is 5.69 Å². The fourth-order valence-corrected chi connectivity index (χ4v) is 4.39. The average molecular weight is 511 g/mol. The third-order valence-corrected chi connectivity index (χ3v) is 6.28. The van der Waals surface area contributed by atoms with Crippen molar-refractivity contribution < 1.29 is 9.53 Å². The Kier molecular flexibility index (Phi) is 5.54. The molecule has 0 aliphatic heterocycles. The Morgan fingerprint density at radius 2 is 1.78 bits per heavy atom. The van der Waals surface area contributed by atoms with Gasteiger partial charge in [-0.05, 0) is 53.6 Å². The van der Waals surface area contributed by atoms with Crippen LogP contribution in [0.15, 0.2) is 83.8 Å². The van der Waals surface area contributed by atoms with Crippen LogP contribution in [-0.2, 0) is 4.79 Å². The maximum atomic E-state index is 13.1. The molecule has 9 nitrogen and oxygen atoms in total. The molecule has 0 fully saturated rings. The molecule has 0 atom stereocenters. The maximum absolute atomic E-state index is 13.1. The molecule has 0 unspecified atom stereocenters. The standard InChI is InChI=1S/C27H19ClN6O3/c1-16-24(18-6-9-20(28)10-7-18)26-30-29-25-22(34(26)31-16)12-13-33(27(25)36)32-23(35)15-37-21-11-8-17-4-2-3-5-19(17)14-21/h2-14H,15H2,1H3,(H,32,35). The first kappa shape index (κ1) is 22.7. The summed E-state index contributed by atoms with van der Waals surface area (Å²) in [6.45, 7) is 1.60. The molecule has 3 heterocycles. The van der Waals surface area contributed by atoms with Crippen LogP contribution >= 0.6 is 11.6 Å². The molecule has 0 radical (unpaired) electrons. The van der Waals surface area contributed by atoms with Gasteiger partial charge in [-0.2, -0.15) is 5.10 Å². The number of nitrogens with zero attached hydrogens (tertiary/aromatic N) is 5. The zero-order valence-corrected chi connectivity index (χ0v) is 20.3. The van der Waals surface area contributed by atoms with E-state index in [9.17, 15) is 9.59 Å². The quantitative estimate of drug-likeness (QED) is 0.369. The first-order valence-electron chi connectivity index (χ1n) is 11.4. The lowest BCUT2D eigenvalue weighted by atomic mass is 10.1. The van der Waals surface area contributed by atoms with E-state index in [-0.39, 0.29) is 12.1 Å². The second-order valence-electron chi connectivity index (χ2n) is 8.46. The Hall–Kier alpha value is -4.76. The summed E-state index contributed by atoms with van der Waals surface area (Å²) in [5.41, 5.74) is 5.46. The SMILES string of the molecule is Cc1nn2c(nnc3c(=O)n(NC(=O)COc4ccc5ccccc5c4)ccc32)c1-c1ccc(Cl)cc1. The minimum atomic E-state index is -0.535. The highest BCUT2D eigenvalue weighted by atomic mass is 35.5. The third kappa shape index (κ3) is 4.15. The fraction of sp³-hybridized carbons (Fsp3) is 0.0741. The van der Waals surface area contributed by atoms with E-state index in [1.807, 2.05) is 55.5 Å². The summed E-state index contributed by atoms with van der Waals surface area (Å²) in [6, 6.07) is 22.4. The lowest BCUT2D eigenvalue weighted by molar-refractivity contribution is -0.119. The fourth-order valence-electron chi connectivity index (χ4n) is 4.27. The summed E-state index contributed by atoms with van der Waals surface area (Å²) in [7, 11) is 0. The van der Waals surface area contributed by atoms with E-state index in [1.54, 1.807) is 28.8 Å². The molecule has 0 saturated carbocycles. The first-order valence-corrected chi connectivity index (χ1v) is 11.8. The molecule has 0 aliphatic carbocycles. The van der Waals surface area contributed by atoms with Crippen LogP contribution in [0.5, 0.6) is 5.75 Å². The van der Waals surface area contributed by atoms with E-state index in [4.69, 9.17) is 16.3 Å². The van der Waals surface area contributed by atoms with Crippen LogP contribution in [0.25, 0.3) is 38.6 Å². The van der Waals surface area contributed by atoms with Gasteiger partial charge in [0.05, 0.1) is 11.3 Å². The van der Waals surface area contributed by atoms with Crippen LogP contribution in [0.4, 0.5) is 0 Å². The van der Waals surface area contributed by atoms with Gasteiger partial charge in [-0.1, -0.05) is 54.1 Å². The average Bonchev–Trinajstić information content (AvgIpc) is 3.25. The number of hydrogen-bond acceptors (Lipinski definition) is 6. The molecule has 3 aromatic carbocycles. The number of carbonyl (C=O) groups is 1. The molecule has 0 bridgehead atoms. The third-order valence-electron chi connectivity index (χ3n) is 6.02. The van der Waals surface area contributed by atoms with Crippen molar-refractivity contribution in [1.82, 2.24) is 24.5 Å². The lowest BCUT2D eigenvalue weighted by Crippen LogP contribution is -2.35. The van der Waals surface area contributed by atoms with Gasteiger partial charge in [-0.3, -0.25) is 15.0 Å². The van der Waals surface area contributed by atoms with Gasteiger partial charge < -0.3 is 4.74 Å². The number of halogens is 1. The highest BCUT2D eigenvalue weighted by Gasteiger charge is 2.18. The summed E-state index contributed by atoms with van der Waals surface area (Å²) >= 11 is 6.03. The minimum absolute atomic E-state index is 0.0657. The van der Waals surface area contributed by atoms with Crippen molar-refractivity contribution in [2.24, 2.45) is 0 Å². The molecular weight excluding hydrogens is 492 g/mol. The van der Waals surface area contributed by atoms with Crippen LogP contribution in [0, 0.1) is 6.92 Å². The van der Waals surface area contributed by atoms with Crippen molar-refractivity contribution in [2.45, 2.75) is 6.92 Å². The molecule has 6 aromatic rings. The molecule has 182 valence electrons. The van der Waals surface area contributed by atoms with Gasteiger partial charge in [-0.25, -0.2) is 9.19 Å². The Bertz CT molecular complexity index is 1880. The number of pyridine rings is 1. The molecule has 10 heteroatoms. The molecule has 0 saturated heterocycles. The van der Waals surface area contributed by atoms with Crippen molar-refractivity contribution in [3.63, 3.8) is 0 Å². The van der Waals surface area contributed by atoms with Crippen molar-refractivity contribution in [3.05, 3.63) is 100 Å². The van der Waals surface area contributed by atoms with E-state index in [0.717, 1.165) is 32.3 Å². The van der Waals surface area contributed by atoms with Crippen LogP contribution in [-0.4, -0.2) is 37.0 Å². The molecule has 3 aromatic heterocycles. The summed E-state index contributed by atoms with van der Waals surface area (Å²) in [6.07, 6.45) is 1.46. The maximum Gasteiger partial charge on any atom is 0.299 e. The van der Waals surface area contributed by atoms with Gasteiger partial charge in [0.15, 0.2) is 17.8 Å². The van der Waals surface area contributed by atoms with Gasteiger partial charge in [0.1, 0.15) is 11.3 Å².